The van der Waals surface area contributed by atoms with Crippen LogP contribution in [-0.4, -0.2) is 0 Å². The normalized spacial score (nSPS) is 15.9. The van der Waals surface area contributed by atoms with Crippen LogP contribution in [0.4, 0.5) is 17.1 Å². The van der Waals surface area contributed by atoms with E-state index in [9.17, 15) is 0 Å². The van der Waals surface area contributed by atoms with E-state index in [2.05, 4.69) is 199 Å². The fraction of sp³-hybridized carbons (Fsp3) is 0.184. The zero-order chi connectivity index (χ0) is 34.8. The number of aryl methyl sites for hydroxylation is 1. The second-order valence-corrected chi connectivity index (χ2v) is 15.3. The number of anilines is 3. The molecule has 1 atom stereocenters. The molecule has 1 heteroatoms. The van der Waals surface area contributed by atoms with Gasteiger partial charge in [-0.2, -0.15) is 0 Å². The lowest BCUT2D eigenvalue weighted by Gasteiger charge is -2.33. The Kier molecular flexibility index (Phi) is 7.39. The van der Waals surface area contributed by atoms with Crippen molar-refractivity contribution in [3.05, 3.63) is 197 Å². The molecule has 0 aromatic heterocycles. The molecule has 50 heavy (non-hydrogen) atoms. The Morgan fingerprint density at radius 2 is 1.00 bits per heavy atom. The Balaban J connectivity index is 1.35. The Labute approximate surface area is 298 Å². The summed E-state index contributed by atoms with van der Waals surface area (Å²) < 4.78 is 0. The van der Waals surface area contributed by atoms with Gasteiger partial charge in [-0.15, -0.1) is 0 Å². The topological polar surface area (TPSA) is 3.24 Å². The van der Waals surface area contributed by atoms with Crippen molar-refractivity contribution in [3.63, 3.8) is 0 Å². The molecule has 1 nitrogen and oxygen atoms in total. The van der Waals surface area contributed by atoms with Gasteiger partial charge in [0.2, 0.25) is 0 Å². The maximum atomic E-state index is 4.01. The van der Waals surface area contributed by atoms with Crippen molar-refractivity contribution in [1.29, 1.82) is 0 Å². The minimum Gasteiger partial charge on any atom is -0.310 e. The molecule has 6 aromatic carbocycles. The fourth-order valence-electron chi connectivity index (χ4n) is 8.80. The van der Waals surface area contributed by atoms with Gasteiger partial charge in [-0.1, -0.05) is 150 Å². The van der Waals surface area contributed by atoms with Gasteiger partial charge in [-0.25, -0.2) is 0 Å². The summed E-state index contributed by atoms with van der Waals surface area (Å²) in [6.07, 6.45) is 6.24. The smallest absolute Gasteiger partial charge is 0.0465 e. The summed E-state index contributed by atoms with van der Waals surface area (Å²) in [5, 5.41) is 0. The van der Waals surface area contributed by atoms with Crippen LogP contribution >= 0.6 is 0 Å². The molecule has 8 rings (SSSR count). The number of benzene rings is 6. The number of hydrogen-bond donors (Lipinski definition) is 0. The van der Waals surface area contributed by atoms with Gasteiger partial charge in [0, 0.05) is 33.3 Å². The Morgan fingerprint density at radius 3 is 1.54 bits per heavy atom. The van der Waals surface area contributed by atoms with Gasteiger partial charge in [-0.3, -0.25) is 0 Å². The van der Waals surface area contributed by atoms with Crippen LogP contribution in [0.3, 0.4) is 0 Å². The van der Waals surface area contributed by atoms with E-state index in [1.807, 2.05) is 6.08 Å². The molecule has 0 N–H and O–H groups in total. The van der Waals surface area contributed by atoms with Gasteiger partial charge in [0.15, 0.2) is 0 Å². The summed E-state index contributed by atoms with van der Waals surface area (Å²) >= 11 is 0. The summed E-state index contributed by atoms with van der Waals surface area (Å²) in [4.78, 5) is 2.48. The molecule has 2 aliphatic carbocycles. The molecule has 0 heterocycles. The first kappa shape index (κ1) is 31.8. The number of rotatable bonds is 7. The third-order valence-corrected chi connectivity index (χ3v) is 11.6. The van der Waals surface area contributed by atoms with E-state index in [-0.39, 0.29) is 16.2 Å². The van der Waals surface area contributed by atoms with Crippen molar-refractivity contribution in [2.75, 3.05) is 4.90 Å². The maximum absolute atomic E-state index is 4.01. The molecule has 0 radical (unpaired) electrons. The van der Waals surface area contributed by atoms with E-state index in [0.29, 0.717) is 0 Å². The molecular formula is C49H45N. The van der Waals surface area contributed by atoms with Gasteiger partial charge in [0.1, 0.15) is 0 Å². The van der Waals surface area contributed by atoms with Gasteiger partial charge in [0.05, 0.1) is 0 Å². The van der Waals surface area contributed by atoms with Crippen LogP contribution in [0.1, 0.15) is 73.6 Å². The second-order valence-electron chi connectivity index (χ2n) is 15.3. The van der Waals surface area contributed by atoms with E-state index >= 15 is 0 Å². The quantitative estimate of drug-likeness (QED) is 0.156. The zero-order valence-electron chi connectivity index (χ0n) is 30.1. The minimum atomic E-state index is -0.357. The molecule has 0 spiro atoms. The highest BCUT2D eigenvalue weighted by Crippen LogP contribution is 2.53. The van der Waals surface area contributed by atoms with Crippen molar-refractivity contribution >= 4 is 17.1 Å². The van der Waals surface area contributed by atoms with E-state index in [0.717, 1.165) is 17.1 Å². The predicted octanol–water partition coefficient (Wildman–Crippen LogP) is 13.1. The zero-order valence-corrected chi connectivity index (χ0v) is 30.1. The minimum absolute atomic E-state index is 0.102. The SMILES string of the molecule is C=C/C=C/C(C)(c1ccccc1)c1cc(N(c2ccc3c(c2)C(C)(C)c2ccccc2-3)c2ccc3c(c2)C(C)(C)c2ccccc2-3)ccc1C. The lowest BCUT2D eigenvalue weighted by atomic mass is 9.74. The molecule has 6 aromatic rings. The van der Waals surface area contributed by atoms with Gasteiger partial charge >= 0.3 is 0 Å². The largest absolute Gasteiger partial charge is 0.310 e. The summed E-state index contributed by atoms with van der Waals surface area (Å²) in [6.45, 7) is 18.0. The average molecular weight is 648 g/mol. The van der Waals surface area contributed by atoms with Crippen LogP contribution in [0.25, 0.3) is 22.3 Å². The molecule has 0 amide bonds. The van der Waals surface area contributed by atoms with Crippen LogP contribution in [0.2, 0.25) is 0 Å². The monoisotopic (exact) mass is 647 g/mol. The van der Waals surface area contributed by atoms with Crippen molar-refractivity contribution in [2.24, 2.45) is 0 Å². The summed E-state index contributed by atoms with van der Waals surface area (Å²) in [5.41, 5.74) is 17.5. The first-order chi connectivity index (χ1) is 24.1. The first-order valence-electron chi connectivity index (χ1n) is 17.8. The van der Waals surface area contributed by atoms with Gasteiger partial charge in [-0.05, 0) is 111 Å². The molecule has 0 bridgehead atoms. The van der Waals surface area contributed by atoms with Crippen molar-refractivity contribution < 1.29 is 0 Å². The molecule has 246 valence electrons. The fourth-order valence-corrected chi connectivity index (χ4v) is 8.80. The third kappa shape index (κ3) is 4.75. The molecule has 0 saturated carbocycles. The van der Waals surface area contributed by atoms with E-state index in [4.69, 9.17) is 0 Å². The number of nitrogens with zero attached hydrogens (tertiary/aromatic N) is 1. The molecule has 2 aliphatic rings. The highest BCUT2D eigenvalue weighted by Gasteiger charge is 2.38. The molecular weight excluding hydrogens is 603 g/mol. The lowest BCUT2D eigenvalue weighted by molar-refractivity contribution is 0.660. The summed E-state index contributed by atoms with van der Waals surface area (Å²) in [7, 11) is 0. The van der Waals surface area contributed by atoms with Crippen molar-refractivity contribution in [1.82, 2.24) is 0 Å². The van der Waals surface area contributed by atoms with E-state index in [1.165, 1.54) is 61.2 Å². The van der Waals surface area contributed by atoms with Crippen LogP contribution in [0, 0.1) is 6.92 Å². The van der Waals surface area contributed by atoms with Gasteiger partial charge in [0.25, 0.3) is 0 Å². The number of fused-ring (bicyclic) bond motifs is 6. The van der Waals surface area contributed by atoms with Crippen LogP contribution in [-0.2, 0) is 16.2 Å². The van der Waals surface area contributed by atoms with Crippen LogP contribution in [0.5, 0.6) is 0 Å². The highest BCUT2D eigenvalue weighted by atomic mass is 15.1. The molecule has 0 aliphatic heterocycles. The van der Waals surface area contributed by atoms with Gasteiger partial charge < -0.3 is 4.90 Å². The van der Waals surface area contributed by atoms with Crippen molar-refractivity contribution in [3.8, 4) is 22.3 Å². The Hall–Kier alpha value is -5.40. The number of allylic oxidation sites excluding steroid dienone is 3. The second kappa shape index (κ2) is 11.6. The third-order valence-electron chi connectivity index (χ3n) is 11.6. The van der Waals surface area contributed by atoms with Crippen LogP contribution < -0.4 is 4.90 Å². The first-order valence-corrected chi connectivity index (χ1v) is 17.8. The predicted molar refractivity (Wildman–Crippen MR) is 213 cm³/mol. The highest BCUT2D eigenvalue weighted by molar-refractivity contribution is 5.88. The van der Waals surface area contributed by atoms with E-state index < -0.39 is 0 Å². The summed E-state index contributed by atoms with van der Waals surface area (Å²) in [5.74, 6) is 0. The molecule has 1 unspecified atom stereocenters. The van der Waals surface area contributed by atoms with Crippen LogP contribution in [0.15, 0.2) is 158 Å². The maximum Gasteiger partial charge on any atom is 0.0465 e. The Morgan fingerprint density at radius 1 is 0.540 bits per heavy atom. The standard InChI is InChI=1S/C49H45N/c1-8-9-29-49(7,34-17-11-10-12-18-34)44-30-35(24-23-33(44)2)50(36-25-27-40-38-19-13-15-21-42(38)47(3,4)45(40)31-36)37-26-28-41-39-20-14-16-22-43(39)48(5,6)46(41)32-37/h8-32H,1H2,2-7H3/b29-9+. The molecule has 0 fully saturated rings. The van der Waals surface area contributed by atoms with Crippen molar-refractivity contribution in [2.45, 2.75) is 57.8 Å². The van der Waals surface area contributed by atoms with E-state index in [1.54, 1.807) is 0 Å². The lowest BCUT2D eigenvalue weighted by Crippen LogP contribution is -2.23. The summed E-state index contributed by atoms with van der Waals surface area (Å²) in [6, 6.07) is 49.8. The Bertz CT molecular complexity index is 2210. The molecule has 0 saturated heterocycles. The number of hydrogen-bond acceptors (Lipinski definition) is 1. The average Bonchev–Trinajstić information content (AvgIpc) is 3.51.